The monoisotopic (exact) mass is 636 g/mol. The van der Waals surface area contributed by atoms with Crippen LogP contribution in [0, 0.1) is 11.8 Å². The zero-order valence-electron chi connectivity index (χ0n) is 25.6. The van der Waals surface area contributed by atoms with Crippen LogP contribution in [0.5, 0.6) is 0 Å². The highest BCUT2D eigenvalue weighted by molar-refractivity contribution is 7.85. The molecule has 0 saturated heterocycles. The van der Waals surface area contributed by atoms with Crippen molar-refractivity contribution >= 4 is 22.6 Å². The summed E-state index contributed by atoms with van der Waals surface area (Å²) in [6.45, 7) is 0. The van der Waals surface area contributed by atoms with Crippen molar-refractivity contribution in [2.24, 2.45) is 11.8 Å². The molecule has 7 nitrogen and oxygen atoms in total. The van der Waals surface area contributed by atoms with Crippen LogP contribution in [0.2, 0.25) is 0 Å². The van der Waals surface area contributed by atoms with Gasteiger partial charge in [0.1, 0.15) is 0 Å². The standard InChI is InChI=1S/C38H40N2O5S/c41-33-21-27-15-7-9-17-31(27)35(33)39-37(43)29(19-25-11-3-1-4-12-25)23-46(45)24-30(20-26-13-5-2-6-14-26)38(44)40-36-32-18-10-8-16-28(32)22-34(36)42/h1-18,29-30,33-36,41-42H,19-24H2,(H,39,43)(H,40,44)/t29-,30+,33-,34-,35+,36+,46?/m1/s1. The number of carbonyl (C=O) groups excluding carboxylic acids is 2. The van der Waals surface area contributed by atoms with Crippen molar-refractivity contribution in [1.29, 1.82) is 0 Å². The maximum absolute atomic E-state index is 13.9. The average Bonchev–Trinajstić information content (AvgIpc) is 3.55. The second-order valence-corrected chi connectivity index (χ2v) is 14.0. The predicted octanol–water partition coefficient (Wildman–Crippen LogP) is 4.00. The van der Waals surface area contributed by atoms with Crippen molar-refractivity contribution in [3.8, 4) is 0 Å². The third-order valence-electron chi connectivity index (χ3n) is 9.17. The summed E-state index contributed by atoms with van der Waals surface area (Å²) in [6.07, 6.45) is 0.214. The molecule has 0 aliphatic heterocycles. The molecular formula is C38H40N2O5S. The lowest BCUT2D eigenvalue weighted by molar-refractivity contribution is -0.126. The molecule has 4 aromatic rings. The van der Waals surface area contributed by atoms with Gasteiger partial charge in [-0.05, 0) is 46.2 Å². The Hall–Kier alpha value is -4.11. The maximum atomic E-state index is 13.9. The number of fused-ring (bicyclic) bond motifs is 2. The first-order chi connectivity index (χ1) is 22.4. The van der Waals surface area contributed by atoms with E-state index in [0.29, 0.717) is 25.7 Å². The van der Waals surface area contributed by atoms with E-state index in [1.807, 2.05) is 109 Å². The van der Waals surface area contributed by atoms with E-state index >= 15 is 0 Å². The summed E-state index contributed by atoms with van der Waals surface area (Å²) in [5.74, 6) is -1.67. The first-order valence-corrected chi connectivity index (χ1v) is 17.4. The van der Waals surface area contributed by atoms with E-state index in [1.54, 1.807) is 0 Å². The Morgan fingerprint density at radius 3 is 1.39 bits per heavy atom. The van der Waals surface area contributed by atoms with E-state index in [0.717, 1.165) is 33.4 Å². The zero-order valence-corrected chi connectivity index (χ0v) is 26.4. The van der Waals surface area contributed by atoms with E-state index in [9.17, 15) is 24.0 Å². The third-order valence-corrected chi connectivity index (χ3v) is 10.7. The number of benzene rings is 4. The second-order valence-electron chi connectivity index (χ2n) is 12.5. The molecule has 8 heteroatoms. The van der Waals surface area contributed by atoms with Gasteiger partial charge in [-0.3, -0.25) is 13.8 Å². The molecule has 0 spiro atoms. The average molecular weight is 637 g/mol. The number of carbonyl (C=O) groups is 2. The van der Waals surface area contributed by atoms with Gasteiger partial charge in [0.2, 0.25) is 11.8 Å². The normalized spacial score (nSPS) is 21.9. The number of aliphatic hydroxyl groups is 2. The molecule has 6 rings (SSSR count). The minimum Gasteiger partial charge on any atom is -0.390 e. The fourth-order valence-corrected chi connectivity index (χ4v) is 8.38. The maximum Gasteiger partial charge on any atom is 0.224 e. The van der Waals surface area contributed by atoms with Crippen molar-refractivity contribution in [2.75, 3.05) is 11.5 Å². The lowest BCUT2D eigenvalue weighted by Crippen LogP contribution is -2.42. The molecule has 7 atom stereocenters. The molecule has 0 aromatic heterocycles. The third kappa shape index (κ3) is 7.47. The van der Waals surface area contributed by atoms with Gasteiger partial charge in [-0.25, -0.2) is 0 Å². The Bertz CT molecular complexity index is 1560. The molecule has 0 radical (unpaired) electrons. The fraction of sp³-hybridized carbons (Fsp3) is 0.316. The van der Waals surface area contributed by atoms with Crippen LogP contribution in [0.3, 0.4) is 0 Å². The summed E-state index contributed by atoms with van der Waals surface area (Å²) in [6, 6.07) is 33.6. The van der Waals surface area contributed by atoms with Gasteiger partial charge in [0.05, 0.1) is 36.1 Å². The summed E-state index contributed by atoms with van der Waals surface area (Å²) in [4.78, 5) is 27.6. The largest absolute Gasteiger partial charge is 0.390 e. The van der Waals surface area contributed by atoms with Crippen LogP contribution in [-0.2, 0) is 46.1 Å². The summed E-state index contributed by atoms with van der Waals surface area (Å²) in [7, 11) is -1.53. The van der Waals surface area contributed by atoms with Gasteiger partial charge in [0.15, 0.2) is 0 Å². The fourth-order valence-electron chi connectivity index (χ4n) is 6.81. The van der Waals surface area contributed by atoms with Gasteiger partial charge >= 0.3 is 0 Å². The van der Waals surface area contributed by atoms with Crippen molar-refractivity contribution in [3.05, 3.63) is 143 Å². The van der Waals surface area contributed by atoms with E-state index in [1.165, 1.54) is 0 Å². The Morgan fingerprint density at radius 2 is 0.978 bits per heavy atom. The van der Waals surface area contributed by atoms with Gasteiger partial charge in [-0.1, -0.05) is 109 Å². The van der Waals surface area contributed by atoms with Crippen molar-refractivity contribution < 1.29 is 24.0 Å². The van der Waals surface area contributed by atoms with Crippen molar-refractivity contribution in [1.82, 2.24) is 10.6 Å². The summed E-state index contributed by atoms with van der Waals surface area (Å²) in [5.41, 5.74) is 5.71. The predicted molar refractivity (Wildman–Crippen MR) is 179 cm³/mol. The van der Waals surface area contributed by atoms with Crippen LogP contribution in [-0.4, -0.2) is 49.9 Å². The van der Waals surface area contributed by atoms with Gasteiger partial charge in [0.25, 0.3) is 0 Å². The summed E-state index contributed by atoms with van der Waals surface area (Å²) in [5, 5.41) is 27.7. The number of rotatable bonds is 12. The van der Waals surface area contributed by atoms with Gasteiger partial charge in [0, 0.05) is 35.1 Å². The summed E-state index contributed by atoms with van der Waals surface area (Å²) < 4.78 is 13.9. The van der Waals surface area contributed by atoms with Crippen LogP contribution < -0.4 is 10.6 Å². The molecule has 2 aliphatic carbocycles. The molecule has 46 heavy (non-hydrogen) atoms. The first kappa shape index (κ1) is 31.9. The number of nitrogens with one attached hydrogen (secondary N) is 2. The van der Waals surface area contributed by atoms with Crippen LogP contribution in [0.15, 0.2) is 109 Å². The number of amides is 2. The zero-order chi connectivity index (χ0) is 32.0. The number of hydrogen-bond donors (Lipinski definition) is 4. The highest BCUT2D eigenvalue weighted by Crippen LogP contribution is 2.33. The van der Waals surface area contributed by atoms with E-state index < -0.39 is 46.9 Å². The Labute approximate surface area is 272 Å². The first-order valence-electron chi connectivity index (χ1n) is 15.9. The molecule has 0 fully saturated rings. The minimum atomic E-state index is -1.53. The lowest BCUT2D eigenvalue weighted by Gasteiger charge is -2.25. The van der Waals surface area contributed by atoms with Crippen LogP contribution in [0.4, 0.5) is 0 Å². The lowest BCUT2D eigenvalue weighted by atomic mass is 9.98. The van der Waals surface area contributed by atoms with Crippen molar-refractivity contribution in [2.45, 2.75) is 50.0 Å². The molecule has 0 bridgehead atoms. The molecule has 1 unspecified atom stereocenters. The molecule has 0 heterocycles. The molecule has 4 N–H and O–H groups in total. The van der Waals surface area contributed by atoms with E-state index in [4.69, 9.17) is 0 Å². The Morgan fingerprint density at radius 1 is 0.609 bits per heavy atom. The molecule has 4 aromatic carbocycles. The van der Waals surface area contributed by atoms with Gasteiger partial charge in [-0.2, -0.15) is 0 Å². The highest BCUT2D eigenvalue weighted by Gasteiger charge is 2.36. The van der Waals surface area contributed by atoms with Gasteiger partial charge in [-0.15, -0.1) is 0 Å². The van der Waals surface area contributed by atoms with E-state index in [-0.39, 0.29) is 23.3 Å². The van der Waals surface area contributed by atoms with Crippen LogP contribution in [0.25, 0.3) is 0 Å². The minimum absolute atomic E-state index is 0.0681. The molecule has 0 saturated carbocycles. The Kier molecular flexibility index (Phi) is 10.1. The number of hydrogen-bond acceptors (Lipinski definition) is 5. The van der Waals surface area contributed by atoms with Crippen LogP contribution >= 0.6 is 0 Å². The van der Waals surface area contributed by atoms with Gasteiger partial charge < -0.3 is 20.8 Å². The smallest absolute Gasteiger partial charge is 0.224 e. The van der Waals surface area contributed by atoms with Crippen molar-refractivity contribution in [3.63, 3.8) is 0 Å². The van der Waals surface area contributed by atoms with Crippen LogP contribution in [0.1, 0.15) is 45.5 Å². The molecular weight excluding hydrogens is 596 g/mol. The Balaban J connectivity index is 1.19. The molecule has 2 aliphatic rings. The number of aliphatic hydroxyl groups excluding tert-OH is 2. The summed E-state index contributed by atoms with van der Waals surface area (Å²) >= 11 is 0. The highest BCUT2D eigenvalue weighted by atomic mass is 32.2. The van der Waals surface area contributed by atoms with E-state index in [2.05, 4.69) is 10.6 Å². The SMILES string of the molecule is O=C(N[C@H]1c2ccccc2C[C@H]1O)[C@H](Cc1ccccc1)CS(=O)C[C@H](Cc1ccccc1)C(=O)N[C@H]1c2ccccc2C[C@H]1O. The molecule has 238 valence electrons. The quantitative estimate of drug-likeness (QED) is 0.188. The topological polar surface area (TPSA) is 116 Å². The second kappa shape index (κ2) is 14.5. The molecule has 2 amide bonds.